The lowest BCUT2D eigenvalue weighted by molar-refractivity contribution is -0.0571. The Morgan fingerprint density at radius 1 is 1.11 bits per heavy atom. The van der Waals surface area contributed by atoms with Crippen molar-refractivity contribution in [1.82, 2.24) is 9.80 Å². The molecule has 7 heteroatoms. The SMILES string of the molecule is COCCCC[C@@](O)(c1ccccc1-c1cccc(C)c1)C1CCCN(C(=O)N2C[C@@H](N)[C@@H](O)C2)C1. The van der Waals surface area contributed by atoms with E-state index in [1.54, 1.807) is 12.0 Å². The Bertz CT molecular complexity index is 1020. The Labute approximate surface area is 214 Å². The second kappa shape index (κ2) is 11.7. The number of carbonyl (C=O) groups is 1. The predicted molar refractivity (Wildman–Crippen MR) is 141 cm³/mol. The molecule has 0 aromatic heterocycles. The van der Waals surface area contributed by atoms with E-state index in [0.717, 1.165) is 42.4 Å². The van der Waals surface area contributed by atoms with Crippen LogP contribution in [0.5, 0.6) is 0 Å². The number of rotatable bonds is 8. The zero-order valence-electron chi connectivity index (χ0n) is 21.6. The average Bonchev–Trinajstić information content (AvgIpc) is 3.24. The Hall–Kier alpha value is -2.45. The number of hydrogen-bond acceptors (Lipinski definition) is 5. The second-order valence-electron chi connectivity index (χ2n) is 10.5. The summed E-state index contributed by atoms with van der Waals surface area (Å²) in [6.45, 7) is 4.48. The van der Waals surface area contributed by atoms with Crippen molar-refractivity contribution < 1.29 is 19.7 Å². The van der Waals surface area contributed by atoms with Gasteiger partial charge in [-0.2, -0.15) is 0 Å². The van der Waals surface area contributed by atoms with Gasteiger partial charge in [0.1, 0.15) is 0 Å². The van der Waals surface area contributed by atoms with Crippen LogP contribution in [0.3, 0.4) is 0 Å². The highest BCUT2D eigenvalue weighted by Crippen LogP contribution is 2.44. The number of urea groups is 1. The number of methoxy groups -OCH3 is 1. The third kappa shape index (κ3) is 5.75. The van der Waals surface area contributed by atoms with Gasteiger partial charge in [0.25, 0.3) is 0 Å². The minimum absolute atomic E-state index is 0.0968. The van der Waals surface area contributed by atoms with Crippen molar-refractivity contribution in [2.45, 2.75) is 56.8 Å². The minimum Gasteiger partial charge on any atom is -0.390 e. The molecule has 4 N–H and O–H groups in total. The Kier molecular flexibility index (Phi) is 8.67. The van der Waals surface area contributed by atoms with E-state index >= 15 is 0 Å². The number of carbonyl (C=O) groups excluding carboxylic acids is 1. The largest absolute Gasteiger partial charge is 0.390 e. The fraction of sp³-hybridized carbons (Fsp3) is 0.552. The molecule has 2 fully saturated rings. The number of nitrogens with two attached hydrogens (primary N) is 1. The van der Waals surface area contributed by atoms with Crippen LogP contribution in [0, 0.1) is 12.8 Å². The molecule has 7 nitrogen and oxygen atoms in total. The maximum absolute atomic E-state index is 13.3. The molecule has 36 heavy (non-hydrogen) atoms. The molecule has 2 aliphatic heterocycles. The van der Waals surface area contributed by atoms with E-state index in [9.17, 15) is 15.0 Å². The van der Waals surface area contributed by atoms with E-state index in [1.165, 1.54) is 5.56 Å². The summed E-state index contributed by atoms with van der Waals surface area (Å²) in [4.78, 5) is 16.8. The number of ether oxygens (including phenoxy) is 1. The molecular weight excluding hydrogens is 454 g/mol. The van der Waals surface area contributed by atoms with Crippen LogP contribution in [0.15, 0.2) is 48.5 Å². The number of hydrogen-bond donors (Lipinski definition) is 3. The van der Waals surface area contributed by atoms with Crippen LogP contribution in [0.4, 0.5) is 4.79 Å². The number of aliphatic hydroxyl groups excluding tert-OH is 1. The van der Waals surface area contributed by atoms with Gasteiger partial charge in [-0.1, -0.05) is 54.1 Å². The van der Waals surface area contributed by atoms with Crippen LogP contribution in [0.25, 0.3) is 11.1 Å². The number of benzene rings is 2. The minimum atomic E-state index is -1.09. The smallest absolute Gasteiger partial charge is 0.320 e. The maximum atomic E-state index is 13.3. The highest BCUT2D eigenvalue weighted by atomic mass is 16.5. The first kappa shape index (κ1) is 26.6. The van der Waals surface area contributed by atoms with Gasteiger partial charge in [0.05, 0.1) is 11.7 Å². The second-order valence-corrected chi connectivity index (χ2v) is 10.5. The quantitative estimate of drug-likeness (QED) is 0.487. The van der Waals surface area contributed by atoms with Crippen LogP contribution in [0.1, 0.15) is 43.2 Å². The van der Waals surface area contributed by atoms with Crippen LogP contribution in [-0.4, -0.2) is 78.1 Å². The van der Waals surface area contributed by atoms with Gasteiger partial charge in [0.2, 0.25) is 0 Å². The Morgan fingerprint density at radius 3 is 2.64 bits per heavy atom. The van der Waals surface area contributed by atoms with E-state index in [1.807, 2.05) is 23.1 Å². The third-order valence-corrected chi connectivity index (χ3v) is 7.85. The lowest BCUT2D eigenvalue weighted by Crippen LogP contribution is -2.52. The van der Waals surface area contributed by atoms with Crippen molar-refractivity contribution in [3.63, 3.8) is 0 Å². The monoisotopic (exact) mass is 495 g/mol. The van der Waals surface area contributed by atoms with Crippen molar-refractivity contribution >= 4 is 6.03 Å². The standard InChI is InChI=1S/C29H41N3O4/c1-21-9-7-10-22(17-21)24-12-3-4-13-25(24)29(35,14-5-6-16-36-2)23-11-8-15-31(18-23)28(34)32-19-26(30)27(33)20-32/h3-4,7,9-10,12-13,17,23,26-27,33,35H,5-6,8,11,14-16,18-20,30H2,1-2H3/t23?,26-,27+,29+/m1/s1. The maximum Gasteiger partial charge on any atom is 0.320 e. The van der Waals surface area contributed by atoms with E-state index in [-0.39, 0.29) is 18.5 Å². The molecule has 196 valence electrons. The molecule has 2 saturated heterocycles. The summed E-state index contributed by atoms with van der Waals surface area (Å²) in [5.41, 5.74) is 9.09. The Balaban J connectivity index is 1.64. The number of likely N-dealkylation sites (tertiary alicyclic amines) is 2. The highest BCUT2D eigenvalue weighted by Gasteiger charge is 2.43. The highest BCUT2D eigenvalue weighted by molar-refractivity contribution is 5.75. The molecule has 0 aliphatic carbocycles. The molecule has 0 spiro atoms. The summed E-state index contributed by atoms with van der Waals surface area (Å²) >= 11 is 0. The zero-order valence-corrected chi connectivity index (χ0v) is 21.6. The van der Waals surface area contributed by atoms with Gasteiger partial charge in [0, 0.05) is 51.9 Å². The Morgan fingerprint density at radius 2 is 1.92 bits per heavy atom. The number of unbranched alkanes of at least 4 members (excludes halogenated alkanes) is 1. The fourth-order valence-electron chi connectivity index (χ4n) is 5.83. The van der Waals surface area contributed by atoms with Crippen molar-refractivity contribution in [3.8, 4) is 11.1 Å². The molecule has 2 heterocycles. The molecule has 0 radical (unpaired) electrons. The number of aliphatic hydroxyl groups is 2. The summed E-state index contributed by atoms with van der Waals surface area (Å²) in [6, 6.07) is 16.0. The summed E-state index contributed by atoms with van der Waals surface area (Å²) < 4.78 is 5.27. The van der Waals surface area contributed by atoms with Gasteiger partial charge in [0.15, 0.2) is 0 Å². The molecule has 0 bridgehead atoms. The van der Waals surface area contributed by atoms with Crippen molar-refractivity contribution in [3.05, 3.63) is 59.7 Å². The summed E-state index contributed by atoms with van der Waals surface area (Å²) in [5.74, 6) is -0.107. The normalized spacial score (nSPS) is 24.1. The molecule has 2 aromatic carbocycles. The van der Waals surface area contributed by atoms with Gasteiger partial charge in [-0.15, -0.1) is 0 Å². The average molecular weight is 496 g/mol. The lowest BCUT2D eigenvalue weighted by atomic mass is 9.72. The number of piperidine rings is 1. The molecule has 2 aromatic rings. The number of amides is 2. The number of β-amino-alcohol motifs (C(OH)–C–C–N with tert-alkyl or cyclic N) is 1. The molecule has 4 atom stereocenters. The topological polar surface area (TPSA) is 99.3 Å². The number of aryl methyl sites for hydroxylation is 1. The molecule has 2 amide bonds. The van der Waals surface area contributed by atoms with E-state index in [2.05, 4.69) is 37.3 Å². The lowest BCUT2D eigenvalue weighted by Gasteiger charge is -2.44. The van der Waals surface area contributed by atoms with E-state index in [0.29, 0.717) is 32.7 Å². The molecule has 2 aliphatic rings. The van der Waals surface area contributed by atoms with Crippen LogP contribution in [0.2, 0.25) is 0 Å². The number of nitrogens with zero attached hydrogens (tertiary/aromatic N) is 2. The van der Waals surface area contributed by atoms with Gasteiger partial charge >= 0.3 is 6.03 Å². The van der Waals surface area contributed by atoms with Gasteiger partial charge < -0.3 is 30.5 Å². The van der Waals surface area contributed by atoms with Crippen LogP contribution >= 0.6 is 0 Å². The van der Waals surface area contributed by atoms with E-state index in [4.69, 9.17) is 10.5 Å². The van der Waals surface area contributed by atoms with E-state index < -0.39 is 17.7 Å². The van der Waals surface area contributed by atoms with Crippen molar-refractivity contribution in [2.24, 2.45) is 11.7 Å². The molecule has 4 rings (SSSR count). The fourth-order valence-corrected chi connectivity index (χ4v) is 5.83. The summed E-state index contributed by atoms with van der Waals surface area (Å²) in [7, 11) is 1.70. The first-order valence-electron chi connectivity index (χ1n) is 13.2. The van der Waals surface area contributed by atoms with Gasteiger partial charge in [-0.25, -0.2) is 4.79 Å². The molecular formula is C29H41N3O4. The zero-order chi connectivity index (χ0) is 25.7. The molecule has 1 unspecified atom stereocenters. The van der Waals surface area contributed by atoms with Crippen molar-refractivity contribution in [1.29, 1.82) is 0 Å². The predicted octanol–water partition coefficient (Wildman–Crippen LogP) is 3.50. The third-order valence-electron chi connectivity index (χ3n) is 7.85. The van der Waals surface area contributed by atoms with Gasteiger partial charge in [-0.3, -0.25) is 0 Å². The first-order chi connectivity index (χ1) is 17.3. The van der Waals surface area contributed by atoms with Crippen molar-refractivity contribution in [2.75, 3.05) is 39.9 Å². The first-order valence-corrected chi connectivity index (χ1v) is 13.2. The van der Waals surface area contributed by atoms with Crippen LogP contribution < -0.4 is 5.73 Å². The molecule has 0 saturated carbocycles. The van der Waals surface area contributed by atoms with Gasteiger partial charge in [-0.05, 0) is 55.7 Å². The summed E-state index contributed by atoms with van der Waals surface area (Å²) in [5, 5.41) is 22.6. The van der Waals surface area contributed by atoms with Crippen LogP contribution in [-0.2, 0) is 10.3 Å². The summed E-state index contributed by atoms with van der Waals surface area (Å²) in [6.07, 6.45) is 3.27.